The summed E-state index contributed by atoms with van der Waals surface area (Å²) < 4.78 is 0. The van der Waals surface area contributed by atoms with Crippen molar-refractivity contribution in [1.29, 1.82) is 0 Å². The Balaban J connectivity index is 0.00000207. The van der Waals surface area contributed by atoms with E-state index in [0.29, 0.717) is 5.02 Å². The SMILES string of the molecule is C=C.C=N/N=C\N(C)c1ccc(Cl)cc1C1=CC(=C)N2C(=C1)CCC2c1nc(-c2ccc(NC(=C)CC)cc2)c(CC)[nH]1. The molecule has 2 aliphatic heterocycles. The van der Waals surface area contributed by atoms with Gasteiger partial charge >= 0.3 is 0 Å². The molecule has 1 atom stereocenters. The maximum absolute atomic E-state index is 6.43. The number of nitrogens with one attached hydrogen (secondary N) is 2. The van der Waals surface area contributed by atoms with Gasteiger partial charge in [0.2, 0.25) is 0 Å². The van der Waals surface area contributed by atoms with Gasteiger partial charge in [0.15, 0.2) is 0 Å². The van der Waals surface area contributed by atoms with Crippen molar-refractivity contribution >= 4 is 41.6 Å². The summed E-state index contributed by atoms with van der Waals surface area (Å²) in [6.45, 7) is 22.2. The lowest BCUT2D eigenvalue weighted by Crippen LogP contribution is -2.23. The minimum absolute atomic E-state index is 0.0896. The number of H-pyrrole nitrogens is 1. The van der Waals surface area contributed by atoms with E-state index in [-0.39, 0.29) is 6.04 Å². The Morgan fingerprint density at radius 3 is 2.60 bits per heavy atom. The number of allylic oxidation sites excluding steroid dienone is 5. The standard InChI is InChI=1S/C33H36ClN7.C2H4/c1-7-21(3)37-26-12-9-23(10-13-26)32-29(8-2)38-33(39-32)31-16-14-27-18-24(17-22(4)41(27)31)28-19-25(34)11-15-30(28)40(6)20-36-35-5;1-2/h9-13,15,17-20,31,37H,3-5,7-8,14,16H2,1-2,6H3,(H,38,39);1-2H2/b36-20-;. The Labute approximate surface area is 260 Å². The van der Waals surface area contributed by atoms with E-state index in [0.717, 1.165) is 82.4 Å². The highest BCUT2D eigenvalue weighted by Gasteiger charge is 2.35. The van der Waals surface area contributed by atoms with Crippen LogP contribution >= 0.6 is 11.6 Å². The van der Waals surface area contributed by atoms with Gasteiger partial charge in [0.05, 0.1) is 11.7 Å². The molecule has 0 spiro atoms. The first-order valence-electron chi connectivity index (χ1n) is 14.4. The highest BCUT2D eigenvalue weighted by Crippen LogP contribution is 2.46. The number of aryl methyl sites for hydroxylation is 1. The number of fused-ring (bicyclic) bond motifs is 1. The van der Waals surface area contributed by atoms with E-state index in [1.54, 1.807) is 6.34 Å². The van der Waals surface area contributed by atoms with Crippen LogP contribution in [0.3, 0.4) is 0 Å². The molecule has 1 saturated heterocycles. The Bertz CT molecular complexity index is 1590. The zero-order valence-corrected chi connectivity index (χ0v) is 26.1. The molecule has 0 bridgehead atoms. The van der Waals surface area contributed by atoms with E-state index < -0.39 is 0 Å². The van der Waals surface area contributed by atoms with Crippen molar-refractivity contribution in [3.05, 3.63) is 120 Å². The fourth-order valence-electron chi connectivity index (χ4n) is 5.45. The Morgan fingerprint density at radius 2 is 1.93 bits per heavy atom. The van der Waals surface area contributed by atoms with E-state index in [9.17, 15) is 0 Å². The molecular weight excluding hydrogens is 554 g/mol. The molecule has 5 rings (SSSR count). The molecule has 43 heavy (non-hydrogen) atoms. The maximum atomic E-state index is 6.43. The van der Waals surface area contributed by atoms with Crippen molar-refractivity contribution in [1.82, 2.24) is 14.9 Å². The van der Waals surface area contributed by atoms with Crippen LogP contribution < -0.4 is 10.2 Å². The number of hydrogen-bond acceptors (Lipinski definition) is 5. The molecule has 1 unspecified atom stereocenters. The number of aromatic nitrogens is 2. The number of benzene rings is 2. The lowest BCUT2D eigenvalue weighted by Gasteiger charge is -2.31. The second kappa shape index (κ2) is 14.0. The van der Waals surface area contributed by atoms with E-state index in [1.165, 1.54) is 5.70 Å². The fraction of sp³-hybridized carbons (Fsp3) is 0.229. The molecule has 7 nitrogen and oxygen atoms in total. The summed E-state index contributed by atoms with van der Waals surface area (Å²) in [5.74, 6) is 0.969. The lowest BCUT2D eigenvalue weighted by atomic mass is 9.98. The molecular formula is C35H40ClN7. The van der Waals surface area contributed by atoms with Crippen LogP contribution in [0, 0.1) is 0 Å². The van der Waals surface area contributed by atoms with Gasteiger partial charge in [0, 0.05) is 64.1 Å². The summed E-state index contributed by atoms with van der Waals surface area (Å²) in [5.41, 5.74) is 10.4. The van der Waals surface area contributed by atoms with E-state index in [2.05, 4.69) is 109 Å². The topological polar surface area (TPSA) is 71.9 Å². The Kier molecular flexibility index (Phi) is 10.2. The molecule has 2 aliphatic rings. The van der Waals surface area contributed by atoms with Crippen LogP contribution in [0.2, 0.25) is 5.02 Å². The predicted molar refractivity (Wildman–Crippen MR) is 185 cm³/mol. The largest absolute Gasteiger partial charge is 0.359 e. The second-order valence-corrected chi connectivity index (χ2v) is 10.7. The maximum Gasteiger partial charge on any atom is 0.130 e. The van der Waals surface area contributed by atoms with Crippen molar-refractivity contribution in [2.45, 2.75) is 45.6 Å². The molecule has 0 radical (unpaired) electrons. The number of imidazole rings is 1. The fourth-order valence-corrected chi connectivity index (χ4v) is 5.63. The monoisotopic (exact) mass is 593 g/mol. The van der Waals surface area contributed by atoms with Crippen molar-refractivity contribution in [3.63, 3.8) is 0 Å². The van der Waals surface area contributed by atoms with Crippen molar-refractivity contribution in [2.75, 3.05) is 17.3 Å². The van der Waals surface area contributed by atoms with Gasteiger partial charge in [-0.05, 0) is 73.7 Å². The van der Waals surface area contributed by atoms with Crippen LogP contribution in [-0.4, -0.2) is 35.0 Å². The normalized spacial score (nSPS) is 15.8. The molecule has 8 heteroatoms. The van der Waals surface area contributed by atoms with Crippen molar-refractivity contribution in [3.8, 4) is 11.3 Å². The first-order valence-corrected chi connectivity index (χ1v) is 14.8. The highest BCUT2D eigenvalue weighted by molar-refractivity contribution is 6.31. The third-order valence-corrected chi connectivity index (χ3v) is 7.81. The van der Waals surface area contributed by atoms with Gasteiger partial charge in [-0.2, -0.15) is 5.10 Å². The molecule has 1 aromatic heterocycles. The predicted octanol–water partition coefficient (Wildman–Crippen LogP) is 9.14. The summed E-state index contributed by atoms with van der Waals surface area (Å²) in [6, 6.07) is 14.3. The minimum Gasteiger partial charge on any atom is -0.359 e. The molecule has 222 valence electrons. The second-order valence-electron chi connectivity index (χ2n) is 10.3. The van der Waals surface area contributed by atoms with Crippen LogP contribution in [0.25, 0.3) is 16.8 Å². The summed E-state index contributed by atoms with van der Waals surface area (Å²) >= 11 is 6.43. The molecule has 3 heterocycles. The molecule has 3 aromatic rings. The van der Waals surface area contributed by atoms with Crippen LogP contribution in [0.15, 0.2) is 108 Å². The average molecular weight is 594 g/mol. The zero-order chi connectivity index (χ0) is 31.1. The Morgan fingerprint density at radius 1 is 1.19 bits per heavy atom. The molecule has 0 amide bonds. The number of rotatable bonds is 10. The zero-order valence-electron chi connectivity index (χ0n) is 25.3. The Hall–Kier alpha value is -4.62. The first kappa shape index (κ1) is 31.3. The van der Waals surface area contributed by atoms with Crippen LogP contribution in [0.4, 0.5) is 11.4 Å². The van der Waals surface area contributed by atoms with E-state index in [1.807, 2.05) is 30.1 Å². The van der Waals surface area contributed by atoms with E-state index in [4.69, 9.17) is 16.6 Å². The third-order valence-electron chi connectivity index (χ3n) is 7.58. The number of nitrogens with zero attached hydrogens (tertiary/aromatic N) is 5. The first-order chi connectivity index (χ1) is 20.8. The van der Waals surface area contributed by atoms with Gasteiger partial charge in [-0.15, -0.1) is 18.3 Å². The molecule has 1 fully saturated rings. The number of hydrogen-bond donors (Lipinski definition) is 2. The number of anilines is 2. The minimum atomic E-state index is 0.0896. The van der Waals surface area contributed by atoms with Crippen LogP contribution in [0.5, 0.6) is 0 Å². The van der Waals surface area contributed by atoms with Gasteiger partial charge in [0.1, 0.15) is 12.2 Å². The smallest absolute Gasteiger partial charge is 0.130 e. The van der Waals surface area contributed by atoms with Crippen molar-refractivity contribution < 1.29 is 0 Å². The molecule has 2 N–H and O–H groups in total. The summed E-state index contributed by atoms with van der Waals surface area (Å²) in [5, 5.41) is 11.5. The summed E-state index contributed by atoms with van der Waals surface area (Å²) in [7, 11) is 1.93. The molecule has 2 aromatic carbocycles. The highest BCUT2D eigenvalue weighted by atomic mass is 35.5. The van der Waals surface area contributed by atoms with Crippen LogP contribution in [0.1, 0.15) is 56.2 Å². The van der Waals surface area contributed by atoms with Crippen LogP contribution in [-0.2, 0) is 6.42 Å². The third kappa shape index (κ3) is 6.73. The summed E-state index contributed by atoms with van der Waals surface area (Å²) in [6.07, 6.45) is 9.62. The van der Waals surface area contributed by atoms with E-state index >= 15 is 0 Å². The van der Waals surface area contributed by atoms with Gasteiger partial charge < -0.3 is 20.1 Å². The molecule has 0 saturated carbocycles. The van der Waals surface area contributed by atoms with Gasteiger partial charge in [-0.3, -0.25) is 0 Å². The lowest BCUT2D eigenvalue weighted by molar-refractivity contribution is 0.366. The average Bonchev–Trinajstić information content (AvgIpc) is 3.66. The summed E-state index contributed by atoms with van der Waals surface area (Å²) in [4.78, 5) is 13.0. The number of aromatic amines is 1. The van der Waals surface area contributed by atoms with Crippen molar-refractivity contribution in [2.24, 2.45) is 10.2 Å². The molecule has 0 aliphatic carbocycles. The number of halogens is 1. The van der Waals surface area contributed by atoms with Gasteiger partial charge in [0.25, 0.3) is 0 Å². The quantitative estimate of drug-likeness (QED) is 0.106. The van der Waals surface area contributed by atoms with Gasteiger partial charge in [-0.25, -0.2) is 4.98 Å². The van der Waals surface area contributed by atoms with Gasteiger partial charge in [-0.1, -0.05) is 50.7 Å².